The molecule has 0 aliphatic carbocycles. The number of hydrogen-bond donors (Lipinski definition) is 1. The van der Waals surface area contributed by atoms with Crippen molar-refractivity contribution in [1.29, 1.82) is 0 Å². The van der Waals surface area contributed by atoms with Crippen molar-refractivity contribution in [2.75, 3.05) is 13.1 Å². The predicted molar refractivity (Wildman–Crippen MR) is 91.2 cm³/mol. The molecule has 1 aliphatic rings. The van der Waals surface area contributed by atoms with Crippen LogP contribution in [-0.4, -0.2) is 44.0 Å². The average molecular weight is 376 g/mol. The van der Waals surface area contributed by atoms with Crippen molar-refractivity contribution < 1.29 is 13.7 Å². The molecular formula is C17H15ClFN5O2. The summed E-state index contributed by atoms with van der Waals surface area (Å²) in [6.07, 6.45) is 5.67. The van der Waals surface area contributed by atoms with E-state index in [0.717, 1.165) is 19.0 Å². The molecule has 9 heteroatoms. The molecule has 0 aromatic carbocycles. The lowest BCUT2D eigenvalue weighted by Crippen LogP contribution is -2.39. The zero-order chi connectivity index (χ0) is 18.1. The van der Waals surface area contributed by atoms with Crippen LogP contribution < -0.4 is 0 Å². The molecule has 3 aromatic heterocycles. The van der Waals surface area contributed by atoms with Gasteiger partial charge in [0.25, 0.3) is 5.91 Å². The fraction of sp³-hybridized carbons (Fsp3) is 0.294. The Balaban J connectivity index is 1.51. The molecule has 0 saturated carbocycles. The van der Waals surface area contributed by atoms with E-state index in [1.165, 1.54) is 12.3 Å². The van der Waals surface area contributed by atoms with E-state index in [4.69, 9.17) is 16.1 Å². The van der Waals surface area contributed by atoms with Gasteiger partial charge < -0.3 is 14.4 Å². The maximum absolute atomic E-state index is 13.8. The highest BCUT2D eigenvalue weighted by Gasteiger charge is 2.30. The minimum absolute atomic E-state index is 0.0212. The number of nitrogens with one attached hydrogen (secondary N) is 1. The van der Waals surface area contributed by atoms with Gasteiger partial charge >= 0.3 is 0 Å². The summed E-state index contributed by atoms with van der Waals surface area (Å²) in [6, 6.07) is 3.10. The molecule has 4 heterocycles. The van der Waals surface area contributed by atoms with Crippen LogP contribution in [0.5, 0.6) is 0 Å². The predicted octanol–water partition coefficient (Wildman–Crippen LogP) is 3.27. The Morgan fingerprint density at radius 3 is 3.12 bits per heavy atom. The lowest BCUT2D eigenvalue weighted by atomic mass is 9.97. The van der Waals surface area contributed by atoms with Gasteiger partial charge in [-0.2, -0.15) is 4.98 Å². The van der Waals surface area contributed by atoms with Crippen LogP contribution in [0.3, 0.4) is 0 Å². The van der Waals surface area contributed by atoms with Crippen molar-refractivity contribution in [2.24, 2.45) is 0 Å². The Bertz CT molecular complexity index is 941. The molecule has 1 fully saturated rings. The SMILES string of the molecule is O=C(c1ccncc1F)N1CCCC(c2nc(-c3cc(Cl)c[nH]3)no2)C1. The number of halogens is 2. The second kappa shape index (κ2) is 6.87. The number of carbonyl (C=O) groups is 1. The van der Waals surface area contributed by atoms with Crippen LogP contribution in [0, 0.1) is 5.82 Å². The lowest BCUT2D eigenvalue weighted by Gasteiger charge is -2.31. The molecule has 0 radical (unpaired) electrons. The summed E-state index contributed by atoms with van der Waals surface area (Å²) in [5, 5.41) is 4.53. The van der Waals surface area contributed by atoms with Gasteiger partial charge in [0.1, 0.15) is 0 Å². The molecule has 1 unspecified atom stereocenters. The van der Waals surface area contributed by atoms with E-state index in [2.05, 4.69) is 20.1 Å². The van der Waals surface area contributed by atoms with Crippen LogP contribution >= 0.6 is 11.6 Å². The summed E-state index contributed by atoms with van der Waals surface area (Å²) in [4.78, 5) is 25.3. The third-order valence-corrected chi connectivity index (χ3v) is 4.61. The molecule has 134 valence electrons. The normalized spacial score (nSPS) is 17.5. The smallest absolute Gasteiger partial charge is 0.256 e. The number of amides is 1. The Kier molecular flexibility index (Phi) is 4.42. The van der Waals surface area contributed by atoms with Crippen LogP contribution in [-0.2, 0) is 0 Å². The van der Waals surface area contributed by atoms with Crippen LogP contribution in [0.4, 0.5) is 4.39 Å². The first-order valence-corrected chi connectivity index (χ1v) is 8.56. The highest BCUT2D eigenvalue weighted by molar-refractivity contribution is 6.30. The highest BCUT2D eigenvalue weighted by atomic mass is 35.5. The second-order valence-electron chi connectivity index (χ2n) is 6.13. The van der Waals surface area contributed by atoms with Crippen molar-refractivity contribution in [2.45, 2.75) is 18.8 Å². The van der Waals surface area contributed by atoms with E-state index in [0.29, 0.717) is 35.5 Å². The molecule has 1 saturated heterocycles. The third kappa shape index (κ3) is 3.20. The summed E-state index contributed by atoms with van der Waals surface area (Å²) in [5.41, 5.74) is 0.681. The number of likely N-dealkylation sites (tertiary alicyclic amines) is 1. The number of pyridine rings is 1. The Labute approximate surface area is 153 Å². The molecule has 26 heavy (non-hydrogen) atoms. The van der Waals surface area contributed by atoms with E-state index < -0.39 is 5.82 Å². The summed E-state index contributed by atoms with van der Waals surface area (Å²) in [6.45, 7) is 0.956. The van der Waals surface area contributed by atoms with Gasteiger partial charge in [-0.05, 0) is 25.0 Å². The Hall–Kier alpha value is -2.74. The molecule has 1 amide bonds. The minimum atomic E-state index is -0.622. The minimum Gasteiger partial charge on any atom is -0.357 e. The Morgan fingerprint density at radius 1 is 1.46 bits per heavy atom. The van der Waals surface area contributed by atoms with Crippen molar-refractivity contribution in [3.05, 3.63) is 53.0 Å². The van der Waals surface area contributed by atoms with Crippen molar-refractivity contribution in [1.82, 2.24) is 25.0 Å². The van der Waals surface area contributed by atoms with E-state index in [1.54, 1.807) is 17.2 Å². The number of piperidine rings is 1. The topological polar surface area (TPSA) is 87.9 Å². The van der Waals surface area contributed by atoms with Crippen LogP contribution in [0.1, 0.15) is 35.0 Å². The number of hydrogen-bond acceptors (Lipinski definition) is 5. The Morgan fingerprint density at radius 2 is 2.35 bits per heavy atom. The number of rotatable bonds is 3. The molecule has 7 nitrogen and oxygen atoms in total. The molecule has 1 N–H and O–H groups in total. The summed E-state index contributed by atoms with van der Waals surface area (Å²) in [5.74, 6) is -0.202. The summed E-state index contributed by atoms with van der Waals surface area (Å²) >= 11 is 5.89. The largest absolute Gasteiger partial charge is 0.357 e. The van der Waals surface area contributed by atoms with Crippen molar-refractivity contribution in [3.8, 4) is 11.5 Å². The fourth-order valence-corrected chi connectivity index (χ4v) is 3.25. The highest BCUT2D eigenvalue weighted by Crippen LogP contribution is 2.28. The third-order valence-electron chi connectivity index (χ3n) is 4.39. The number of aromatic amines is 1. The van der Waals surface area contributed by atoms with Gasteiger partial charge in [-0.1, -0.05) is 16.8 Å². The van der Waals surface area contributed by atoms with Crippen molar-refractivity contribution in [3.63, 3.8) is 0 Å². The van der Waals surface area contributed by atoms with E-state index >= 15 is 0 Å². The monoisotopic (exact) mass is 375 g/mol. The standard InChI is InChI=1S/C17H15ClFN5O2/c18-11-6-14(21-7-11)15-22-16(26-23-15)10-2-1-5-24(9-10)17(25)12-3-4-20-8-13(12)19/h3-4,6-8,10,21H,1-2,5,9H2. The van der Waals surface area contributed by atoms with Gasteiger partial charge in [-0.15, -0.1) is 0 Å². The van der Waals surface area contributed by atoms with Crippen molar-refractivity contribution >= 4 is 17.5 Å². The van der Waals surface area contributed by atoms with E-state index in [1.807, 2.05) is 0 Å². The van der Waals surface area contributed by atoms with Gasteiger partial charge in [0.05, 0.1) is 28.4 Å². The van der Waals surface area contributed by atoms with Crippen LogP contribution in [0.15, 0.2) is 35.2 Å². The lowest BCUT2D eigenvalue weighted by molar-refractivity contribution is 0.0690. The number of H-pyrrole nitrogens is 1. The van der Waals surface area contributed by atoms with E-state index in [9.17, 15) is 9.18 Å². The number of nitrogens with zero attached hydrogens (tertiary/aromatic N) is 4. The van der Waals surface area contributed by atoms with Gasteiger partial charge in [0.15, 0.2) is 5.82 Å². The first-order valence-electron chi connectivity index (χ1n) is 8.18. The summed E-state index contributed by atoms with van der Waals surface area (Å²) in [7, 11) is 0. The molecular weight excluding hydrogens is 361 g/mol. The second-order valence-corrected chi connectivity index (χ2v) is 6.57. The van der Waals surface area contributed by atoms with Crippen LogP contribution in [0.2, 0.25) is 5.02 Å². The molecule has 0 bridgehead atoms. The first-order chi connectivity index (χ1) is 12.6. The molecule has 0 spiro atoms. The van der Waals surface area contributed by atoms with E-state index in [-0.39, 0.29) is 17.4 Å². The first kappa shape index (κ1) is 16.7. The average Bonchev–Trinajstić information content (AvgIpc) is 3.31. The molecule has 1 atom stereocenters. The van der Waals surface area contributed by atoms with Gasteiger partial charge in [-0.3, -0.25) is 9.78 Å². The molecule has 1 aliphatic heterocycles. The molecule has 3 aromatic rings. The maximum atomic E-state index is 13.8. The number of aromatic nitrogens is 4. The zero-order valence-electron chi connectivity index (χ0n) is 13.7. The van der Waals surface area contributed by atoms with Gasteiger partial charge in [-0.25, -0.2) is 4.39 Å². The number of carbonyl (C=O) groups excluding carboxylic acids is 1. The summed E-state index contributed by atoms with van der Waals surface area (Å²) < 4.78 is 19.2. The maximum Gasteiger partial charge on any atom is 0.256 e. The van der Waals surface area contributed by atoms with Gasteiger partial charge in [0, 0.05) is 25.5 Å². The van der Waals surface area contributed by atoms with Gasteiger partial charge in [0.2, 0.25) is 11.7 Å². The molecule has 4 rings (SSSR count). The fourth-order valence-electron chi connectivity index (χ4n) is 3.09. The quantitative estimate of drug-likeness (QED) is 0.759. The van der Waals surface area contributed by atoms with Crippen LogP contribution in [0.25, 0.3) is 11.5 Å². The zero-order valence-corrected chi connectivity index (χ0v) is 14.4.